The molecule has 1 atom stereocenters. The molecule has 1 aromatic carbocycles. The van der Waals surface area contributed by atoms with Crippen molar-refractivity contribution in [2.75, 3.05) is 20.3 Å². The minimum Gasteiger partial charge on any atom is -0.507 e. The maximum atomic E-state index is 11.8. The first-order valence-electron chi connectivity index (χ1n) is 6.00. The standard InChI is InChI=1S/C13H16N2O4/c1-18-7-6-14-13(17)12-8-10(15-19-12)9-4-2-3-5-11(9)16/h2-5,12,16H,6-8H2,1H3,(H,14,17)/t12-/m0/s1. The maximum absolute atomic E-state index is 11.8. The van der Waals surface area contributed by atoms with E-state index >= 15 is 0 Å². The highest BCUT2D eigenvalue weighted by molar-refractivity contribution is 6.05. The molecule has 2 N–H and O–H groups in total. The van der Waals surface area contributed by atoms with Crippen molar-refractivity contribution in [1.29, 1.82) is 0 Å². The number of nitrogens with zero attached hydrogens (tertiary/aromatic N) is 1. The number of aromatic hydroxyl groups is 1. The van der Waals surface area contributed by atoms with E-state index in [1.165, 1.54) is 0 Å². The predicted octanol–water partition coefficient (Wildman–Crippen LogP) is 0.648. The van der Waals surface area contributed by atoms with E-state index in [1.807, 2.05) is 0 Å². The molecule has 0 bridgehead atoms. The second kappa shape index (κ2) is 6.19. The number of rotatable bonds is 5. The second-order valence-electron chi connectivity index (χ2n) is 4.14. The Labute approximate surface area is 111 Å². The Bertz CT molecular complexity index is 487. The number of para-hydroxylation sites is 1. The van der Waals surface area contributed by atoms with E-state index in [9.17, 15) is 9.90 Å². The molecule has 0 aliphatic carbocycles. The van der Waals surface area contributed by atoms with E-state index in [0.29, 0.717) is 30.8 Å². The van der Waals surface area contributed by atoms with Gasteiger partial charge < -0.3 is 20.0 Å². The van der Waals surface area contributed by atoms with Gasteiger partial charge in [-0.1, -0.05) is 17.3 Å². The van der Waals surface area contributed by atoms with Crippen molar-refractivity contribution in [3.05, 3.63) is 29.8 Å². The summed E-state index contributed by atoms with van der Waals surface area (Å²) in [5.41, 5.74) is 1.17. The quantitative estimate of drug-likeness (QED) is 0.765. The number of benzene rings is 1. The molecule has 0 fully saturated rings. The van der Waals surface area contributed by atoms with E-state index in [4.69, 9.17) is 9.57 Å². The molecule has 0 aromatic heterocycles. The third-order valence-corrected chi connectivity index (χ3v) is 2.78. The van der Waals surface area contributed by atoms with E-state index < -0.39 is 6.10 Å². The zero-order valence-corrected chi connectivity index (χ0v) is 10.6. The van der Waals surface area contributed by atoms with Crippen LogP contribution in [0.25, 0.3) is 0 Å². The number of phenolic OH excluding ortho intramolecular Hbond substituents is 1. The van der Waals surface area contributed by atoms with Gasteiger partial charge in [-0.05, 0) is 12.1 Å². The Balaban J connectivity index is 1.92. The number of carbonyl (C=O) groups excluding carboxylic acids is 1. The van der Waals surface area contributed by atoms with Crippen molar-refractivity contribution < 1.29 is 19.5 Å². The minimum absolute atomic E-state index is 0.130. The number of amides is 1. The molecule has 1 heterocycles. The van der Waals surface area contributed by atoms with Crippen molar-refractivity contribution in [1.82, 2.24) is 5.32 Å². The number of hydrogen-bond acceptors (Lipinski definition) is 5. The van der Waals surface area contributed by atoms with Crippen LogP contribution in [0.4, 0.5) is 0 Å². The first-order chi connectivity index (χ1) is 9.22. The summed E-state index contributed by atoms with van der Waals surface area (Å²) < 4.78 is 4.84. The Morgan fingerprint density at radius 2 is 2.37 bits per heavy atom. The third kappa shape index (κ3) is 3.23. The number of phenols is 1. The van der Waals surface area contributed by atoms with Crippen molar-refractivity contribution in [3.8, 4) is 5.75 Å². The molecule has 0 saturated carbocycles. The van der Waals surface area contributed by atoms with Gasteiger partial charge in [-0.25, -0.2) is 0 Å². The van der Waals surface area contributed by atoms with Crippen molar-refractivity contribution >= 4 is 11.6 Å². The molecule has 6 heteroatoms. The van der Waals surface area contributed by atoms with Crippen LogP contribution in [0, 0.1) is 0 Å². The first-order valence-corrected chi connectivity index (χ1v) is 6.00. The van der Waals surface area contributed by atoms with E-state index in [-0.39, 0.29) is 11.7 Å². The molecular formula is C13H16N2O4. The normalized spacial score (nSPS) is 17.7. The molecular weight excluding hydrogens is 248 g/mol. The summed E-state index contributed by atoms with van der Waals surface area (Å²) in [5.74, 6) is -0.100. The molecule has 0 radical (unpaired) electrons. The van der Waals surface area contributed by atoms with Gasteiger partial charge in [0, 0.05) is 25.6 Å². The predicted molar refractivity (Wildman–Crippen MR) is 69.0 cm³/mol. The van der Waals surface area contributed by atoms with Gasteiger partial charge in [-0.3, -0.25) is 4.79 Å². The molecule has 0 unspecified atom stereocenters. The lowest BCUT2D eigenvalue weighted by molar-refractivity contribution is -0.131. The Hall–Kier alpha value is -2.08. The van der Waals surface area contributed by atoms with Gasteiger partial charge in [0.25, 0.3) is 5.91 Å². The Morgan fingerprint density at radius 1 is 1.58 bits per heavy atom. The largest absolute Gasteiger partial charge is 0.507 e. The lowest BCUT2D eigenvalue weighted by atomic mass is 10.0. The monoisotopic (exact) mass is 264 g/mol. The van der Waals surface area contributed by atoms with Crippen LogP contribution in [-0.2, 0) is 14.4 Å². The molecule has 19 heavy (non-hydrogen) atoms. The number of hydrogen-bond donors (Lipinski definition) is 2. The van der Waals surface area contributed by atoms with Gasteiger partial charge in [0.2, 0.25) is 6.10 Å². The van der Waals surface area contributed by atoms with Gasteiger partial charge in [-0.15, -0.1) is 0 Å². The SMILES string of the molecule is COCCNC(=O)[C@@H]1CC(c2ccccc2O)=NO1. The zero-order chi connectivity index (χ0) is 13.7. The van der Waals surface area contributed by atoms with Crippen LogP contribution in [0.5, 0.6) is 5.75 Å². The summed E-state index contributed by atoms with van der Waals surface area (Å²) in [5, 5.41) is 16.3. The average Bonchev–Trinajstić information content (AvgIpc) is 2.89. The lowest BCUT2D eigenvalue weighted by Gasteiger charge is -2.08. The molecule has 1 aliphatic heterocycles. The summed E-state index contributed by atoms with van der Waals surface area (Å²) in [4.78, 5) is 16.8. The number of oxime groups is 1. The van der Waals surface area contributed by atoms with Gasteiger partial charge in [0.05, 0.1) is 12.3 Å². The fraction of sp³-hybridized carbons (Fsp3) is 0.385. The first kappa shape index (κ1) is 13.4. The highest BCUT2D eigenvalue weighted by Crippen LogP contribution is 2.23. The summed E-state index contributed by atoms with van der Waals surface area (Å²) >= 11 is 0. The number of methoxy groups -OCH3 is 1. The molecule has 102 valence electrons. The zero-order valence-electron chi connectivity index (χ0n) is 10.6. The van der Waals surface area contributed by atoms with Crippen LogP contribution in [0.2, 0.25) is 0 Å². The summed E-state index contributed by atoms with van der Waals surface area (Å²) in [6.07, 6.45) is -0.303. The maximum Gasteiger partial charge on any atom is 0.264 e. The molecule has 1 aromatic rings. The van der Waals surface area contributed by atoms with Gasteiger partial charge in [-0.2, -0.15) is 0 Å². The molecule has 0 spiro atoms. The van der Waals surface area contributed by atoms with Crippen LogP contribution in [0.1, 0.15) is 12.0 Å². The minimum atomic E-state index is -0.647. The van der Waals surface area contributed by atoms with Crippen LogP contribution >= 0.6 is 0 Å². The number of nitrogens with one attached hydrogen (secondary N) is 1. The van der Waals surface area contributed by atoms with Gasteiger partial charge >= 0.3 is 0 Å². The van der Waals surface area contributed by atoms with Crippen LogP contribution in [0.3, 0.4) is 0 Å². The molecule has 0 saturated heterocycles. The summed E-state index contributed by atoms with van der Waals surface area (Å²) in [7, 11) is 1.57. The third-order valence-electron chi connectivity index (χ3n) is 2.78. The molecule has 1 aliphatic rings. The summed E-state index contributed by atoms with van der Waals surface area (Å²) in [6, 6.07) is 6.83. The number of carbonyl (C=O) groups is 1. The second-order valence-corrected chi connectivity index (χ2v) is 4.14. The van der Waals surface area contributed by atoms with Crippen molar-refractivity contribution in [3.63, 3.8) is 0 Å². The fourth-order valence-corrected chi connectivity index (χ4v) is 1.78. The van der Waals surface area contributed by atoms with Crippen molar-refractivity contribution in [2.45, 2.75) is 12.5 Å². The highest BCUT2D eigenvalue weighted by Gasteiger charge is 2.29. The van der Waals surface area contributed by atoms with E-state index in [1.54, 1.807) is 31.4 Å². The summed E-state index contributed by atoms with van der Waals surface area (Å²) in [6.45, 7) is 0.882. The topological polar surface area (TPSA) is 80.2 Å². The van der Waals surface area contributed by atoms with Crippen LogP contribution < -0.4 is 5.32 Å². The fourth-order valence-electron chi connectivity index (χ4n) is 1.78. The van der Waals surface area contributed by atoms with Gasteiger partial charge in [0.1, 0.15) is 5.75 Å². The molecule has 1 amide bonds. The van der Waals surface area contributed by atoms with E-state index in [0.717, 1.165) is 0 Å². The van der Waals surface area contributed by atoms with Gasteiger partial charge in [0.15, 0.2) is 0 Å². The molecule has 2 rings (SSSR count). The van der Waals surface area contributed by atoms with Crippen LogP contribution in [0.15, 0.2) is 29.4 Å². The van der Waals surface area contributed by atoms with Crippen LogP contribution in [-0.4, -0.2) is 43.1 Å². The van der Waals surface area contributed by atoms with Crippen molar-refractivity contribution in [2.24, 2.45) is 5.16 Å². The molecule has 6 nitrogen and oxygen atoms in total. The lowest BCUT2D eigenvalue weighted by Crippen LogP contribution is -2.36. The highest BCUT2D eigenvalue weighted by atomic mass is 16.6. The Kier molecular flexibility index (Phi) is 4.35. The van der Waals surface area contributed by atoms with E-state index in [2.05, 4.69) is 10.5 Å². The average molecular weight is 264 g/mol. The number of ether oxygens (including phenoxy) is 1. The Morgan fingerprint density at radius 3 is 3.11 bits per heavy atom. The smallest absolute Gasteiger partial charge is 0.264 e.